The van der Waals surface area contributed by atoms with Crippen LogP contribution in [0.2, 0.25) is 0 Å². The van der Waals surface area contributed by atoms with Crippen LogP contribution in [-0.2, 0) is 5.41 Å². The number of amides is 1. The van der Waals surface area contributed by atoms with E-state index in [1.165, 1.54) is 6.07 Å². The van der Waals surface area contributed by atoms with E-state index in [1.807, 2.05) is 36.4 Å². The maximum absolute atomic E-state index is 13.6. The molecule has 1 atom stereocenters. The van der Waals surface area contributed by atoms with E-state index < -0.39 is 11.1 Å². The molecule has 6 nitrogen and oxygen atoms in total. The molecule has 1 amide bonds. The summed E-state index contributed by atoms with van der Waals surface area (Å²) in [5.41, 5.74) is 3.30. The summed E-state index contributed by atoms with van der Waals surface area (Å²) in [5.74, 6) is -0.211. The van der Waals surface area contributed by atoms with Crippen LogP contribution in [0.5, 0.6) is 0 Å². The number of anilines is 2. The number of nitrogens with zero attached hydrogens (tertiary/aromatic N) is 2. The van der Waals surface area contributed by atoms with Gasteiger partial charge in [0.05, 0.1) is 16.1 Å². The van der Waals surface area contributed by atoms with Crippen molar-refractivity contribution in [2.45, 2.75) is 32.4 Å². The molecule has 1 aliphatic heterocycles. The van der Waals surface area contributed by atoms with Gasteiger partial charge in [-0.25, -0.2) is 0 Å². The highest BCUT2D eigenvalue weighted by Crippen LogP contribution is 2.40. The van der Waals surface area contributed by atoms with E-state index in [1.54, 1.807) is 29.2 Å². The van der Waals surface area contributed by atoms with E-state index in [9.17, 15) is 14.9 Å². The summed E-state index contributed by atoms with van der Waals surface area (Å²) in [6.07, 6.45) is -0.735. The summed E-state index contributed by atoms with van der Waals surface area (Å²) < 4.78 is 0.698. The fourth-order valence-electron chi connectivity index (χ4n) is 3.77. The van der Waals surface area contributed by atoms with E-state index >= 15 is 0 Å². The van der Waals surface area contributed by atoms with Gasteiger partial charge in [0, 0.05) is 21.9 Å². The lowest BCUT2D eigenvalue weighted by molar-refractivity contribution is -0.385. The average Bonchev–Trinajstić information content (AvgIpc) is 2.73. The molecule has 7 heteroatoms. The van der Waals surface area contributed by atoms with Crippen LogP contribution in [0.25, 0.3) is 0 Å². The number of halogens is 1. The topological polar surface area (TPSA) is 75.5 Å². The van der Waals surface area contributed by atoms with Crippen LogP contribution in [0.1, 0.15) is 48.4 Å². The third-order valence-electron chi connectivity index (χ3n) is 5.42. The van der Waals surface area contributed by atoms with Crippen molar-refractivity contribution in [3.05, 3.63) is 98.0 Å². The Morgan fingerprint density at radius 1 is 1.03 bits per heavy atom. The first kappa shape index (κ1) is 21.1. The molecule has 0 spiro atoms. The number of nitrogens with one attached hydrogen (secondary N) is 1. The van der Waals surface area contributed by atoms with Crippen LogP contribution in [0, 0.1) is 10.1 Å². The van der Waals surface area contributed by atoms with Gasteiger partial charge in [-0.3, -0.25) is 19.8 Å². The minimum absolute atomic E-state index is 0.0300. The van der Waals surface area contributed by atoms with E-state index in [2.05, 4.69) is 42.0 Å². The van der Waals surface area contributed by atoms with Gasteiger partial charge in [0.25, 0.3) is 11.6 Å². The first-order chi connectivity index (χ1) is 14.7. The molecule has 0 saturated carbocycles. The normalized spacial score (nSPS) is 15.9. The molecule has 158 valence electrons. The summed E-state index contributed by atoms with van der Waals surface area (Å²) in [5, 5.41) is 15.1. The largest absolute Gasteiger partial charge is 0.360 e. The fourth-order valence-corrected chi connectivity index (χ4v) is 4.15. The zero-order chi connectivity index (χ0) is 22.3. The predicted molar refractivity (Wildman–Crippen MR) is 126 cm³/mol. The van der Waals surface area contributed by atoms with Gasteiger partial charge in [-0.05, 0) is 47.4 Å². The van der Waals surface area contributed by atoms with E-state index in [0.717, 1.165) is 5.56 Å². The molecule has 1 unspecified atom stereocenters. The van der Waals surface area contributed by atoms with Crippen molar-refractivity contribution >= 4 is 38.9 Å². The van der Waals surface area contributed by atoms with Crippen LogP contribution in [0.4, 0.5) is 17.1 Å². The molecule has 0 aliphatic carbocycles. The van der Waals surface area contributed by atoms with Gasteiger partial charge in [-0.1, -0.05) is 61.0 Å². The quantitative estimate of drug-likeness (QED) is 0.347. The second kappa shape index (κ2) is 7.81. The molecule has 1 aliphatic rings. The maximum Gasteiger partial charge on any atom is 0.276 e. The highest BCUT2D eigenvalue weighted by Gasteiger charge is 2.37. The van der Waals surface area contributed by atoms with Crippen molar-refractivity contribution in [2.75, 3.05) is 10.2 Å². The molecule has 0 aromatic heterocycles. The van der Waals surface area contributed by atoms with Crippen LogP contribution < -0.4 is 10.2 Å². The van der Waals surface area contributed by atoms with Crippen LogP contribution in [-0.4, -0.2) is 10.8 Å². The molecule has 4 rings (SSSR count). The Balaban J connectivity index is 1.89. The second-order valence-electron chi connectivity index (χ2n) is 8.52. The minimum Gasteiger partial charge on any atom is -0.360 e. The SMILES string of the molecule is CC(C)(C)c1ccc(N2C(=O)c3ccccc3NC2c2cc(Br)ccc2[N+](=O)[O-])cc1. The van der Waals surface area contributed by atoms with Gasteiger partial charge in [0.1, 0.15) is 6.17 Å². The Bertz CT molecular complexity index is 1170. The molecular formula is C24H22BrN3O3. The number of benzene rings is 3. The molecule has 31 heavy (non-hydrogen) atoms. The summed E-state index contributed by atoms with van der Waals surface area (Å²) in [6, 6.07) is 19.8. The van der Waals surface area contributed by atoms with Gasteiger partial charge in [-0.2, -0.15) is 0 Å². The number of nitro groups is 1. The molecule has 3 aromatic carbocycles. The number of carbonyl (C=O) groups is 1. The van der Waals surface area contributed by atoms with Gasteiger partial charge in [0.2, 0.25) is 0 Å². The molecule has 1 heterocycles. The standard InChI is InChI=1S/C24H22BrN3O3/c1-24(2,3)15-8-11-17(12-9-15)27-22(19-14-16(25)10-13-21(19)28(30)31)26-20-7-5-4-6-18(20)23(27)29/h4-14,22,26H,1-3H3. The highest BCUT2D eigenvalue weighted by atomic mass is 79.9. The second-order valence-corrected chi connectivity index (χ2v) is 9.44. The van der Waals surface area contributed by atoms with Crippen LogP contribution >= 0.6 is 15.9 Å². The third-order valence-corrected chi connectivity index (χ3v) is 5.91. The van der Waals surface area contributed by atoms with Crippen molar-refractivity contribution in [1.29, 1.82) is 0 Å². The first-order valence-corrected chi connectivity index (χ1v) is 10.7. The molecule has 0 bridgehead atoms. The van der Waals surface area contributed by atoms with E-state index in [4.69, 9.17) is 0 Å². The van der Waals surface area contributed by atoms with Crippen molar-refractivity contribution in [3.8, 4) is 0 Å². The predicted octanol–water partition coefficient (Wildman–Crippen LogP) is 6.43. The molecule has 0 radical (unpaired) electrons. The number of hydrogen-bond acceptors (Lipinski definition) is 4. The number of carbonyl (C=O) groups excluding carboxylic acids is 1. The zero-order valence-corrected chi connectivity index (χ0v) is 19.0. The van der Waals surface area contributed by atoms with Gasteiger partial charge in [0.15, 0.2) is 0 Å². The molecule has 3 aromatic rings. The molecule has 0 fully saturated rings. The lowest BCUT2D eigenvalue weighted by atomic mass is 9.87. The molecule has 0 saturated heterocycles. The summed E-state index contributed by atoms with van der Waals surface area (Å²) >= 11 is 3.41. The first-order valence-electron chi connectivity index (χ1n) is 9.90. The van der Waals surface area contributed by atoms with Gasteiger partial charge in [-0.15, -0.1) is 0 Å². The number of para-hydroxylation sites is 1. The Morgan fingerprint density at radius 3 is 2.35 bits per heavy atom. The van der Waals surface area contributed by atoms with Crippen molar-refractivity contribution in [1.82, 2.24) is 0 Å². The van der Waals surface area contributed by atoms with Crippen molar-refractivity contribution in [2.24, 2.45) is 0 Å². The maximum atomic E-state index is 13.6. The van der Waals surface area contributed by atoms with Crippen LogP contribution in [0.3, 0.4) is 0 Å². The fraction of sp³-hybridized carbons (Fsp3) is 0.208. The lowest BCUT2D eigenvalue weighted by Crippen LogP contribution is -2.43. The Kier molecular flexibility index (Phi) is 5.31. The minimum atomic E-state index is -0.735. The van der Waals surface area contributed by atoms with Crippen molar-refractivity contribution in [3.63, 3.8) is 0 Å². The molecular weight excluding hydrogens is 458 g/mol. The van der Waals surface area contributed by atoms with E-state index in [-0.39, 0.29) is 17.0 Å². The Hall–Kier alpha value is -3.19. The summed E-state index contributed by atoms with van der Waals surface area (Å²) in [4.78, 5) is 26.5. The van der Waals surface area contributed by atoms with Gasteiger partial charge >= 0.3 is 0 Å². The number of fused-ring (bicyclic) bond motifs is 1. The number of hydrogen-bond donors (Lipinski definition) is 1. The Morgan fingerprint density at radius 2 is 1.71 bits per heavy atom. The van der Waals surface area contributed by atoms with Gasteiger partial charge < -0.3 is 5.32 Å². The molecule has 1 N–H and O–H groups in total. The number of nitro benzene ring substituents is 1. The smallest absolute Gasteiger partial charge is 0.276 e. The highest BCUT2D eigenvalue weighted by molar-refractivity contribution is 9.10. The number of rotatable bonds is 3. The lowest BCUT2D eigenvalue weighted by Gasteiger charge is -2.38. The van der Waals surface area contributed by atoms with E-state index in [0.29, 0.717) is 27.0 Å². The van der Waals surface area contributed by atoms with Crippen LogP contribution in [0.15, 0.2) is 71.2 Å². The zero-order valence-electron chi connectivity index (χ0n) is 17.4. The monoisotopic (exact) mass is 479 g/mol. The van der Waals surface area contributed by atoms with Crippen molar-refractivity contribution < 1.29 is 9.72 Å². The third kappa shape index (κ3) is 3.93. The summed E-state index contributed by atoms with van der Waals surface area (Å²) in [6.45, 7) is 6.37. The summed E-state index contributed by atoms with van der Waals surface area (Å²) in [7, 11) is 0. The Labute approximate surface area is 189 Å². The average molecular weight is 480 g/mol.